The molecule has 0 radical (unpaired) electrons. The van der Waals surface area contributed by atoms with Crippen LogP contribution in [0.5, 0.6) is 17.2 Å². The predicted molar refractivity (Wildman–Crippen MR) is 125 cm³/mol. The number of thioether (sulfide) groups is 1. The molecule has 9 heteroatoms. The van der Waals surface area contributed by atoms with Crippen LogP contribution in [0.25, 0.3) is 0 Å². The van der Waals surface area contributed by atoms with Gasteiger partial charge in [0.15, 0.2) is 16.7 Å². The number of methoxy groups -OCH3 is 3. The van der Waals surface area contributed by atoms with E-state index < -0.39 is 6.04 Å². The molecule has 1 aliphatic heterocycles. The van der Waals surface area contributed by atoms with Crippen molar-refractivity contribution < 1.29 is 19.0 Å². The van der Waals surface area contributed by atoms with Crippen molar-refractivity contribution in [2.75, 3.05) is 32.4 Å². The summed E-state index contributed by atoms with van der Waals surface area (Å²) in [5, 5.41) is 15.6. The third-order valence-electron chi connectivity index (χ3n) is 4.77. The zero-order valence-corrected chi connectivity index (χ0v) is 19.1. The second kappa shape index (κ2) is 10.6. The minimum absolute atomic E-state index is 0.229. The van der Waals surface area contributed by atoms with Crippen molar-refractivity contribution in [1.82, 2.24) is 5.32 Å². The average molecular weight is 453 g/mol. The summed E-state index contributed by atoms with van der Waals surface area (Å²) in [6.45, 7) is 1.81. The third-order valence-corrected chi connectivity index (χ3v) is 5.53. The minimum Gasteiger partial charge on any atom is -0.493 e. The fourth-order valence-corrected chi connectivity index (χ4v) is 3.94. The largest absolute Gasteiger partial charge is 0.493 e. The maximum atomic E-state index is 13.3. The highest BCUT2D eigenvalue weighted by Crippen LogP contribution is 2.43. The topological polar surface area (TPSA) is 105 Å². The quantitative estimate of drug-likeness (QED) is 0.657. The smallest absolute Gasteiger partial charge is 0.255 e. The van der Waals surface area contributed by atoms with Crippen LogP contribution in [-0.2, 0) is 4.79 Å². The highest BCUT2D eigenvalue weighted by atomic mass is 32.2. The number of rotatable bonds is 7. The Hall–Kier alpha value is -3.64. The van der Waals surface area contributed by atoms with E-state index in [9.17, 15) is 4.79 Å². The number of benzene rings is 2. The molecule has 1 aliphatic rings. The molecule has 0 aromatic heterocycles. The monoisotopic (exact) mass is 452 g/mol. The van der Waals surface area contributed by atoms with Crippen LogP contribution in [0, 0.1) is 11.3 Å². The van der Waals surface area contributed by atoms with E-state index in [1.54, 1.807) is 12.1 Å². The number of hydrogen-bond donors (Lipinski definition) is 2. The Morgan fingerprint density at radius 1 is 1.16 bits per heavy atom. The van der Waals surface area contributed by atoms with E-state index in [-0.39, 0.29) is 11.7 Å². The van der Waals surface area contributed by atoms with E-state index in [1.807, 2.05) is 37.3 Å². The molecule has 166 valence electrons. The number of hydrogen-bond acceptors (Lipinski definition) is 8. The molecule has 0 bridgehead atoms. The standard InChI is InChI=1S/C23H24N4O4S/c1-14-19(22(28)26-16-8-6-5-7-9-16)20(27-23(25-14)32-11-10-24)15-12-17(29-2)21(31-4)18(13-15)30-3/h5-9,12-13,20H,11H2,1-4H3,(H,25,27)(H,26,28)/t20-/m1/s1. The van der Waals surface area contributed by atoms with Crippen LogP contribution in [0.2, 0.25) is 0 Å². The van der Waals surface area contributed by atoms with E-state index in [2.05, 4.69) is 16.7 Å². The summed E-state index contributed by atoms with van der Waals surface area (Å²) in [4.78, 5) is 18.0. The van der Waals surface area contributed by atoms with Gasteiger partial charge in [-0.15, -0.1) is 0 Å². The number of allylic oxidation sites excluding steroid dienone is 1. The molecule has 1 heterocycles. The number of nitrogens with one attached hydrogen (secondary N) is 2. The average Bonchev–Trinajstić information content (AvgIpc) is 2.81. The van der Waals surface area contributed by atoms with Crippen LogP contribution >= 0.6 is 11.8 Å². The number of nitrogens with zero attached hydrogens (tertiary/aromatic N) is 2. The first-order valence-electron chi connectivity index (χ1n) is 9.74. The summed E-state index contributed by atoms with van der Waals surface area (Å²) in [6, 6.07) is 14.2. The van der Waals surface area contributed by atoms with Gasteiger partial charge in [0.05, 0.1) is 38.7 Å². The number of anilines is 1. The van der Waals surface area contributed by atoms with Crippen molar-refractivity contribution in [2.24, 2.45) is 4.99 Å². The van der Waals surface area contributed by atoms with Crippen molar-refractivity contribution >= 4 is 28.5 Å². The van der Waals surface area contributed by atoms with Crippen molar-refractivity contribution in [3.05, 3.63) is 59.3 Å². The molecule has 0 aliphatic carbocycles. The molecular formula is C23H24N4O4S. The molecule has 1 amide bonds. The van der Waals surface area contributed by atoms with Gasteiger partial charge in [0, 0.05) is 11.4 Å². The van der Waals surface area contributed by atoms with Gasteiger partial charge in [-0.1, -0.05) is 30.0 Å². The first-order valence-corrected chi connectivity index (χ1v) is 10.7. The summed E-state index contributed by atoms with van der Waals surface area (Å²) >= 11 is 1.27. The van der Waals surface area contributed by atoms with E-state index in [0.717, 1.165) is 0 Å². The van der Waals surface area contributed by atoms with Crippen LogP contribution in [-0.4, -0.2) is 38.2 Å². The first-order chi connectivity index (χ1) is 15.5. The van der Waals surface area contributed by atoms with Gasteiger partial charge >= 0.3 is 0 Å². The molecule has 0 unspecified atom stereocenters. The molecule has 3 rings (SSSR count). The maximum Gasteiger partial charge on any atom is 0.255 e. The number of carbonyl (C=O) groups is 1. The lowest BCUT2D eigenvalue weighted by Gasteiger charge is -2.27. The number of nitriles is 1. The number of amidine groups is 1. The normalized spacial score (nSPS) is 15.2. The van der Waals surface area contributed by atoms with Crippen molar-refractivity contribution in [3.63, 3.8) is 0 Å². The van der Waals surface area contributed by atoms with E-state index >= 15 is 0 Å². The lowest BCUT2D eigenvalue weighted by atomic mass is 9.95. The molecule has 2 aromatic carbocycles. The summed E-state index contributed by atoms with van der Waals surface area (Å²) in [5.74, 6) is 1.32. The van der Waals surface area contributed by atoms with Gasteiger partial charge in [-0.2, -0.15) is 5.26 Å². The Labute approximate surface area is 191 Å². The van der Waals surface area contributed by atoms with Crippen LogP contribution in [0.3, 0.4) is 0 Å². The van der Waals surface area contributed by atoms with Crippen LogP contribution in [0.1, 0.15) is 18.5 Å². The molecule has 1 atom stereocenters. The highest BCUT2D eigenvalue weighted by Gasteiger charge is 2.31. The Kier molecular flexibility index (Phi) is 7.63. The summed E-state index contributed by atoms with van der Waals surface area (Å²) < 4.78 is 16.4. The van der Waals surface area contributed by atoms with Gasteiger partial charge in [-0.05, 0) is 36.8 Å². The molecule has 2 N–H and O–H groups in total. The Morgan fingerprint density at radius 3 is 2.38 bits per heavy atom. The van der Waals surface area contributed by atoms with Gasteiger partial charge in [0.2, 0.25) is 5.75 Å². The fourth-order valence-electron chi connectivity index (χ4n) is 3.34. The van der Waals surface area contributed by atoms with Crippen molar-refractivity contribution in [1.29, 1.82) is 5.26 Å². The Bertz CT molecular complexity index is 1070. The fraction of sp³-hybridized carbons (Fsp3) is 0.261. The highest BCUT2D eigenvalue weighted by molar-refractivity contribution is 8.14. The number of aliphatic imine (C=N–C) groups is 1. The SMILES string of the molecule is COc1cc([C@H]2N=C(SCC#N)NC(C)=C2C(=O)Nc2ccccc2)cc(OC)c1OC. The number of amides is 1. The van der Waals surface area contributed by atoms with E-state index in [0.29, 0.717) is 44.9 Å². The van der Waals surface area contributed by atoms with Gasteiger partial charge in [0.1, 0.15) is 6.04 Å². The second-order valence-corrected chi connectivity index (χ2v) is 7.69. The van der Waals surface area contributed by atoms with Crippen LogP contribution < -0.4 is 24.8 Å². The Morgan fingerprint density at radius 2 is 1.81 bits per heavy atom. The summed E-state index contributed by atoms with van der Waals surface area (Å²) in [7, 11) is 4.60. The molecule has 0 saturated heterocycles. The van der Waals surface area contributed by atoms with Crippen molar-refractivity contribution in [2.45, 2.75) is 13.0 Å². The van der Waals surface area contributed by atoms with Gasteiger partial charge in [-0.25, -0.2) is 4.99 Å². The lowest BCUT2D eigenvalue weighted by Crippen LogP contribution is -2.32. The van der Waals surface area contributed by atoms with Gasteiger partial charge < -0.3 is 24.8 Å². The molecular weight excluding hydrogens is 428 g/mol. The van der Waals surface area contributed by atoms with Crippen molar-refractivity contribution in [3.8, 4) is 23.3 Å². The lowest BCUT2D eigenvalue weighted by molar-refractivity contribution is -0.113. The summed E-state index contributed by atoms with van der Waals surface area (Å²) in [5.41, 5.74) is 2.46. The molecule has 0 fully saturated rings. The zero-order valence-electron chi connectivity index (χ0n) is 18.3. The third kappa shape index (κ3) is 4.98. The molecule has 2 aromatic rings. The summed E-state index contributed by atoms with van der Waals surface area (Å²) in [6.07, 6.45) is 0. The minimum atomic E-state index is -0.644. The Balaban J connectivity index is 2.08. The molecule has 32 heavy (non-hydrogen) atoms. The molecule has 0 saturated carbocycles. The number of para-hydroxylation sites is 1. The number of carbonyl (C=O) groups excluding carboxylic acids is 1. The first kappa shape index (κ1) is 23.0. The second-order valence-electron chi connectivity index (χ2n) is 6.73. The van der Waals surface area contributed by atoms with Gasteiger partial charge in [-0.3, -0.25) is 4.79 Å². The van der Waals surface area contributed by atoms with E-state index in [1.165, 1.54) is 33.1 Å². The number of ether oxygens (including phenoxy) is 3. The van der Waals surface area contributed by atoms with Gasteiger partial charge in [0.25, 0.3) is 5.91 Å². The molecule has 8 nitrogen and oxygen atoms in total. The van der Waals surface area contributed by atoms with E-state index in [4.69, 9.17) is 24.5 Å². The predicted octanol–water partition coefficient (Wildman–Crippen LogP) is 3.88. The molecule has 0 spiro atoms. The van der Waals surface area contributed by atoms with Crippen LogP contribution in [0.15, 0.2) is 58.7 Å². The van der Waals surface area contributed by atoms with Crippen LogP contribution in [0.4, 0.5) is 5.69 Å². The maximum absolute atomic E-state index is 13.3. The zero-order chi connectivity index (χ0) is 23.1.